The molecule has 23 heavy (non-hydrogen) atoms. The zero-order valence-corrected chi connectivity index (χ0v) is 15.3. The molecule has 0 aliphatic heterocycles. The van der Waals surface area contributed by atoms with E-state index in [-0.39, 0.29) is 12.4 Å². The van der Waals surface area contributed by atoms with Crippen LogP contribution in [0.2, 0.25) is 0 Å². The third-order valence-corrected chi connectivity index (χ3v) is 7.11. The first-order valence-electron chi connectivity index (χ1n) is 9.47. The maximum atomic E-state index is 5.78. The highest BCUT2D eigenvalue weighted by Crippen LogP contribution is 2.67. The largest absolute Gasteiger partial charge is 0.330 e. The van der Waals surface area contributed by atoms with Gasteiger partial charge in [0.2, 0.25) is 0 Å². The summed E-state index contributed by atoms with van der Waals surface area (Å²) in [6.07, 6.45) is 11.5. The first-order chi connectivity index (χ1) is 10.7. The topological polar surface area (TPSA) is 26.0 Å². The summed E-state index contributed by atoms with van der Waals surface area (Å²) in [5.74, 6) is 3.87. The smallest absolute Gasteiger partial charge is 0.00740 e. The van der Waals surface area contributed by atoms with Crippen LogP contribution in [0.1, 0.15) is 68.4 Å². The molecule has 1 aromatic carbocycles. The third kappa shape index (κ3) is 2.96. The zero-order valence-electron chi connectivity index (χ0n) is 14.5. The van der Waals surface area contributed by atoms with Crippen molar-refractivity contribution < 1.29 is 0 Å². The van der Waals surface area contributed by atoms with Crippen molar-refractivity contribution in [1.29, 1.82) is 0 Å². The van der Waals surface area contributed by atoms with E-state index in [0.29, 0.717) is 5.41 Å². The summed E-state index contributed by atoms with van der Waals surface area (Å²) in [5.41, 5.74) is 9.59. The number of hydrogen-bond acceptors (Lipinski definition) is 1. The second-order valence-corrected chi connectivity index (χ2v) is 8.55. The molecular formula is C21H32ClN. The Morgan fingerprint density at radius 2 is 1.74 bits per heavy atom. The Morgan fingerprint density at radius 1 is 1.04 bits per heavy atom. The summed E-state index contributed by atoms with van der Waals surface area (Å²) in [5, 5.41) is 0. The number of halogens is 1. The van der Waals surface area contributed by atoms with Gasteiger partial charge in [-0.1, -0.05) is 30.7 Å². The Balaban J connectivity index is 0.00000156. The van der Waals surface area contributed by atoms with Crippen molar-refractivity contribution in [3.63, 3.8) is 0 Å². The quantitative estimate of drug-likeness (QED) is 0.712. The van der Waals surface area contributed by atoms with E-state index in [0.717, 1.165) is 30.2 Å². The van der Waals surface area contributed by atoms with Gasteiger partial charge in [0.15, 0.2) is 0 Å². The number of nitrogens with two attached hydrogens (primary N) is 1. The summed E-state index contributed by atoms with van der Waals surface area (Å²) in [7, 11) is 0. The van der Waals surface area contributed by atoms with Crippen LogP contribution in [0.15, 0.2) is 24.3 Å². The molecule has 0 spiro atoms. The third-order valence-electron chi connectivity index (χ3n) is 7.11. The number of unbranched alkanes of at least 4 members (excludes halogenated alkanes) is 1. The van der Waals surface area contributed by atoms with Gasteiger partial charge >= 0.3 is 0 Å². The van der Waals surface area contributed by atoms with Gasteiger partial charge in [0, 0.05) is 0 Å². The van der Waals surface area contributed by atoms with E-state index >= 15 is 0 Å². The minimum Gasteiger partial charge on any atom is -0.330 e. The van der Waals surface area contributed by atoms with Crippen LogP contribution in [-0.4, -0.2) is 6.54 Å². The molecule has 0 amide bonds. The lowest BCUT2D eigenvalue weighted by Crippen LogP contribution is -2.51. The van der Waals surface area contributed by atoms with E-state index in [1.54, 1.807) is 5.56 Å². The number of aryl methyl sites for hydroxylation is 1. The predicted octanol–water partition coefficient (Wildman–Crippen LogP) is 5.46. The molecule has 2 heteroatoms. The molecule has 0 heterocycles. The Kier molecular flexibility index (Phi) is 5.09. The van der Waals surface area contributed by atoms with E-state index in [4.69, 9.17) is 5.73 Å². The van der Waals surface area contributed by atoms with Crippen LogP contribution in [-0.2, 0) is 0 Å². The van der Waals surface area contributed by atoms with Crippen molar-refractivity contribution in [3.05, 3.63) is 35.4 Å². The minimum absolute atomic E-state index is 0. The average Bonchev–Trinajstić information content (AvgIpc) is 2.48. The van der Waals surface area contributed by atoms with E-state index in [1.807, 2.05) is 0 Å². The highest BCUT2D eigenvalue weighted by molar-refractivity contribution is 5.85. The standard InChI is InChI=1S/C21H31N.ClH/c1-15-6-2-3-7-19(15)20-18-11-16-10-17(12-18)14-21(20,13-16)8-4-5-9-22;/h2-3,6-7,16-18,20H,4-5,8-14,22H2,1H3;1H. The molecule has 128 valence electrons. The average molecular weight is 334 g/mol. The maximum Gasteiger partial charge on any atom is -0.00740 e. The van der Waals surface area contributed by atoms with Crippen molar-refractivity contribution in [3.8, 4) is 0 Å². The van der Waals surface area contributed by atoms with E-state index in [1.165, 1.54) is 56.9 Å². The molecule has 0 radical (unpaired) electrons. The van der Waals surface area contributed by atoms with Gasteiger partial charge in [0.1, 0.15) is 0 Å². The fraction of sp³-hybridized carbons (Fsp3) is 0.714. The van der Waals surface area contributed by atoms with Crippen LogP contribution >= 0.6 is 12.4 Å². The van der Waals surface area contributed by atoms with Gasteiger partial charge < -0.3 is 5.73 Å². The molecule has 0 saturated heterocycles. The van der Waals surface area contributed by atoms with Crippen LogP contribution in [0.5, 0.6) is 0 Å². The van der Waals surface area contributed by atoms with Gasteiger partial charge in [-0.3, -0.25) is 0 Å². The van der Waals surface area contributed by atoms with Crippen LogP contribution in [0.25, 0.3) is 0 Å². The van der Waals surface area contributed by atoms with Crippen LogP contribution in [0, 0.1) is 30.1 Å². The molecule has 0 aromatic heterocycles. The molecule has 4 fully saturated rings. The van der Waals surface area contributed by atoms with Crippen LogP contribution < -0.4 is 5.73 Å². The van der Waals surface area contributed by atoms with Crippen LogP contribution in [0.3, 0.4) is 0 Å². The second kappa shape index (κ2) is 6.76. The maximum absolute atomic E-state index is 5.78. The summed E-state index contributed by atoms with van der Waals surface area (Å²) in [4.78, 5) is 0. The van der Waals surface area contributed by atoms with Crippen molar-refractivity contribution in [2.24, 2.45) is 28.9 Å². The molecule has 4 bridgehead atoms. The number of hydrogen-bond donors (Lipinski definition) is 1. The van der Waals surface area contributed by atoms with Gasteiger partial charge in [-0.2, -0.15) is 0 Å². The van der Waals surface area contributed by atoms with Crippen LogP contribution in [0.4, 0.5) is 0 Å². The first-order valence-corrected chi connectivity index (χ1v) is 9.47. The summed E-state index contributed by atoms with van der Waals surface area (Å²) in [6.45, 7) is 3.19. The Labute approximate surface area is 147 Å². The molecule has 1 nitrogen and oxygen atoms in total. The highest BCUT2D eigenvalue weighted by atomic mass is 35.5. The minimum atomic E-state index is 0. The van der Waals surface area contributed by atoms with Crippen molar-refractivity contribution >= 4 is 12.4 Å². The summed E-state index contributed by atoms with van der Waals surface area (Å²) < 4.78 is 0. The first kappa shape index (κ1) is 17.3. The molecule has 4 saturated carbocycles. The van der Waals surface area contributed by atoms with Crippen molar-refractivity contribution in [2.75, 3.05) is 6.54 Å². The predicted molar refractivity (Wildman–Crippen MR) is 100 cm³/mol. The van der Waals surface area contributed by atoms with Crippen molar-refractivity contribution in [1.82, 2.24) is 0 Å². The summed E-state index contributed by atoms with van der Waals surface area (Å²) >= 11 is 0. The van der Waals surface area contributed by atoms with E-state index in [9.17, 15) is 0 Å². The molecule has 3 unspecified atom stereocenters. The van der Waals surface area contributed by atoms with Crippen molar-refractivity contribution in [2.45, 2.75) is 64.2 Å². The lowest BCUT2D eigenvalue weighted by molar-refractivity contribution is -0.0812. The van der Waals surface area contributed by atoms with Gasteiger partial charge in [0.05, 0.1) is 0 Å². The van der Waals surface area contributed by atoms with E-state index in [2.05, 4.69) is 31.2 Å². The fourth-order valence-electron chi connectivity index (χ4n) is 6.71. The molecule has 2 N–H and O–H groups in total. The molecule has 1 aromatic rings. The fourth-order valence-corrected chi connectivity index (χ4v) is 6.71. The highest BCUT2D eigenvalue weighted by Gasteiger charge is 2.56. The lowest BCUT2D eigenvalue weighted by atomic mass is 9.43. The lowest BCUT2D eigenvalue weighted by Gasteiger charge is -2.62. The zero-order chi connectivity index (χ0) is 15.2. The monoisotopic (exact) mass is 333 g/mol. The van der Waals surface area contributed by atoms with E-state index < -0.39 is 0 Å². The molecule has 3 atom stereocenters. The molecular weight excluding hydrogens is 302 g/mol. The Morgan fingerprint density at radius 3 is 2.39 bits per heavy atom. The Hall–Kier alpha value is -0.530. The second-order valence-electron chi connectivity index (χ2n) is 8.55. The number of benzene rings is 1. The molecule has 5 rings (SSSR count). The summed E-state index contributed by atoms with van der Waals surface area (Å²) in [6, 6.07) is 9.23. The SMILES string of the molecule is Cc1ccccc1C1C2CC3CC(C2)CC1(CCCCN)C3.Cl. The van der Waals surface area contributed by atoms with Gasteiger partial charge in [-0.05, 0) is 98.6 Å². The normalized spacial score (nSPS) is 37.7. The van der Waals surface area contributed by atoms with Gasteiger partial charge in [-0.25, -0.2) is 0 Å². The molecule has 4 aliphatic carbocycles. The molecule has 4 aliphatic rings. The Bertz CT molecular complexity index is 526. The number of rotatable bonds is 5. The van der Waals surface area contributed by atoms with Gasteiger partial charge in [0.25, 0.3) is 0 Å². The van der Waals surface area contributed by atoms with Gasteiger partial charge in [-0.15, -0.1) is 12.4 Å².